The molecule has 0 radical (unpaired) electrons. The Bertz CT molecular complexity index is 1010. The highest BCUT2D eigenvalue weighted by atomic mass is 32.2. The highest BCUT2D eigenvalue weighted by molar-refractivity contribution is 7.99. The Labute approximate surface area is 156 Å². The summed E-state index contributed by atoms with van der Waals surface area (Å²) in [7, 11) is 0. The third kappa shape index (κ3) is 3.46. The van der Waals surface area contributed by atoms with Crippen molar-refractivity contribution in [2.45, 2.75) is 30.7 Å². The third-order valence-electron chi connectivity index (χ3n) is 4.28. The molecule has 130 valence electrons. The highest BCUT2D eigenvalue weighted by Crippen LogP contribution is 2.35. The Morgan fingerprint density at radius 2 is 1.77 bits per heavy atom. The smallest absolute Gasteiger partial charge is 0.183 e. The fourth-order valence-corrected chi connectivity index (χ4v) is 3.77. The minimum Gasteiger partial charge on any atom is -0.227 e. The third-order valence-corrected chi connectivity index (χ3v) is 5.42. The second kappa shape index (κ2) is 7.25. The van der Waals surface area contributed by atoms with Crippen molar-refractivity contribution in [3.8, 4) is 0 Å². The quantitative estimate of drug-likeness (QED) is 0.389. The van der Waals surface area contributed by atoms with Crippen molar-refractivity contribution in [3.63, 3.8) is 0 Å². The number of fused-ring (bicyclic) bond motifs is 1. The average molecular weight is 361 g/mol. The molecule has 0 amide bonds. The second-order valence-electron chi connectivity index (χ2n) is 6.25. The van der Waals surface area contributed by atoms with Crippen LogP contribution in [-0.2, 0) is 6.54 Å². The number of aromatic nitrogens is 5. The van der Waals surface area contributed by atoms with E-state index in [9.17, 15) is 0 Å². The van der Waals surface area contributed by atoms with Crippen molar-refractivity contribution >= 4 is 22.9 Å². The van der Waals surface area contributed by atoms with E-state index < -0.39 is 0 Å². The predicted octanol–water partition coefficient (Wildman–Crippen LogP) is 4.43. The Hall–Kier alpha value is -2.73. The van der Waals surface area contributed by atoms with E-state index in [2.05, 4.69) is 82.7 Å². The molecule has 26 heavy (non-hydrogen) atoms. The Morgan fingerprint density at radius 1 is 1.00 bits per heavy atom. The fourth-order valence-electron chi connectivity index (χ4n) is 2.79. The molecule has 1 atom stereocenters. The summed E-state index contributed by atoms with van der Waals surface area (Å²) < 4.78 is 1.83. The lowest BCUT2D eigenvalue weighted by atomic mass is 10.1. The van der Waals surface area contributed by atoms with Gasteiger partial charge in [0.2, 0.25) is 0 Å². The Balaban J connectivity index is 1.61. The molecule has 6 heteroatoms. The van der Waals surface area contributed by atoms with Gasteiger partial charge in [0.15, 0.2) is 11.2 Å². The van der Waals surface area contributed by atoms with Gasteiger partial charge in [-0.05, 0) is 25.0 Å². The molecule has 0 aliphatic heterocycles. The van der Waals surface area contributed by atoms with Crippen LogP contribution in [0.4, 0.5) is 0 Å². The van der Waals surface area contributed by atoms with Crippen molar-refractivity contribution in [2.24, 2.45) is 0 Å². The molecule has 2 aromatic carbocycles. The van der Waals surface area contributed by atoms with Crippen molar-refractivity contribution in [1.82, 2.24) is 25.0 Å². The molecule has 5 nitrogen and oxygen atoms in total. The van der Waals surface area contributed by atoms with Gasteiger partial charge in [0.1, 0.15) is 11.4 Å². The Kier molecular flexibility index (Phi) is 4.67. The SMILES string of the molecule is Cc1ccc(Cn2nnc3c(SC(C)c4ccccc4)ncnc32)cc1. The van der Waals surface area contributed by atoms with Crippen LogP contribution in [0.2, 0.25) is 0 Å². The van der Waals surface area contributed by atoms with Gasteiger partial charge in [-0.25, -0.2) is 14.6 Å². The van der Waals surface area contributed by atoms with Crippen molar-refractivity contribution in [3.05, 3.63) is 77.6 Å². The molecular weight excluding hydrogens is 342 g/mol. The minimum atomic E-state index is 0.275. The zero-order valence-electron chi connectivity index (χ0n) is 14.7. The first-order chi connectivity index (χ1) is 12.7. The molecule has 0 fully saturated rings. The molecular formula is C20H19N5S. The minimum absolute atomic E-state index is 0.275. The molecule has 2 aromatic heterocycles. The van der Waals surface area contributed by atoms with Gasteiger partial charge in [-0.2, -0.15) is 0 Å². The zero-order valence-corrected chi connectivity index (χ0v) is 15.5. The van der Waals surface area contributed by atoms with Gasteiger partial charge in [-0.15, -0.1) is 5.10 Å². The lowest BCUT2D eigenvalue weighted by Crippen LogP contribution is -2.03. The van der Waals surface area contributed by atoms with E-state index in [1.54, 1.807) is 18.1 Å². The number of hydrogen-bond donors (Lipinski definition) is 0. The summed E-state index contributed by atoms with van der Waals surface area (Å²) in [6.07, 6.45) is 1.59. The topological polar surface area (TPSA) is 56.5 Å². The van der Waals surface area contributed by atoms with Gasteiger partial charge in [-0.1, -0.05) is 77.1 Å². The van der Waals surface area contributed by atoms with Gasteiger partial charge in [0, 0.05) is 5.25 Å². The number of hydrogen-bond acceptors (Lipinski definition) is 5. The van der Waals surface area contributed by atoms with Crippen LogP contribution < -0.4 is 0 Å². The summed E-state index contributed by atoms with van der Waals surface area (Å²) in [6, 6.07) is 18.8. The van der Waals surface area contributed by atoms with Crippen molar-refractivity contribution < 1.29 is 0 Å². The van der Waals surface area contributed by atoms with Crippen molar-refractivity contribution in [2.75, 3.05) is 0 Å². The van der Waals surface area contributed by atoms with E-state index in [4.69, 9.17) is 0 Å². The van der Waals surface area contributed by atoms with Crippen LogP contribution >= 0.6 is 11.8 Å². The lowest BCUT2D eigenvalue weighted by molar-refractivity contribution is 0.664. The number of thioether (sulfide) groups is 1. The van der Waals surface area contributed by atoms with Crippen LogP contribution in [0.5, 0.6) is 0 Å². The van der Waals surface area contributed by atoms with E-state index in [1.165, 1.54) is 16.7 Å². The summed E-state index contributed by atoms with van der Waals surface area (Å²) in [5, 5.41) is 9.79. The normalized spacial score (nSPS) is 12.4. The first-order valence-corrected chi connectivity index (χ1v) is 9.40. The summed E-state index contributed by atoms with van der Waals surface area (Å²) in [5.41, 5.74) is 5.20. The lowest BCUT2D eigenvalue weighted by Gasteiger charge is -2.10. The maximum atomic E-state index is 4.44. The summed E-state index contributed by atoms with van der Waals surface area (Å²) in [5.74, 6) is 0. The van der Waals surface area contributed by atoms with E-state index in [0.29, 0.717) is 6.54 Å². The molecule has 0 saturated heterocycles. The monoisotopic (exact) mass is 361 g/mol. The first-order valence-electron chi connectivity index (χ1n) is 8.52. The fraction of sp³-hybridized carbons (Fsp3) is 0.200. The number of nitrogens with zero attached hydrogens (tertiary/aromatic N) is 5. The van der Waals surface area contributed by atoms with Crippen LogP contribution in [0, 0.1) is 6.92 Å². The molecule has 1 unspecified atom stereocenters. The number of benzene rings is 2. The second-order valence-corrected chi connectivity index (χ2v) is 7.58. The highest BCUT2D eigenvalue weighted by Gasteiger charge is 2.16. The van der Waals surface area contributed by atoms with Gasteiger partial charge in [0.25, 0.3) is 0 Å². The van der Waals surface area contributed by atoms with Crippen molar-refractivity contribution in [1.29, 1.82) is 0 Å². The van der Waals surface area contributed by atoms with Crippen LogP contribution in [0.3, 0.4) is 0 Å². The standard InChI is InChI=1S/C20H19N5S/c1-14-8-10-16(11-9-14)12-25-19-18(23-24-25)20(22-13-21-19)26-15(2)17-6-4-3-5-7-17/h3-11,13,15H,12H2,1-2H3. The van der Waals surface area contributed by atoms with Gasteiger partial charge in [-0.3, -0.25) is 0 Å². The van der Waals surface area contributed by atoms with Crippen LogP contribution in [0.25, 0.3) is 11.2 Å². The summed E-state index contributed by atoms with van der Waals surface area (Å²) >= 11 is 1.68. The molecule has 0 saturated carbocycles. The van der Waals surface area contributed by atoms with Crippen LogP contribution in [0.15, 0.2) is 66.0 Å². The van der Waals surface area contributed by atoms with E-state index in [-0.39, 0.29) is 5.25 Å². The molecule has 2 heterocycles. The first kappa shape index (κ1) is 16.7. The predicted molar refractivity (Wildman–Crippen MR) is 104 cm³/mol. The van der Waals surface area contributed by atoms with E-state index >= 15 is 0 Å². The zero-order chi connectivity index (χ0) is 17.9. The molecule has 4 rings (SSSR count). The molecule has 0 N–H and O–H groups in total. The molecule has 0 aliphatic carbocycles. The summed E-state index contributed by atoms with van der Waals surface area (Å²) in [4.78, 5) is 8.85. The van der Waals surface area contributed by atoms with Gasteiger partial charge >= 0.3 is 0 Å². The number of rotatable bonds is 5. The Morgan fingerprint density at radius 3 is 2.54 bits per heavy atom. The van der Waals surface area contributed by atoms with Crippen LogP contribution in [0.1, 0.15) is 28.9 Å². The average Bonchev–Trinajstić information content (AvgIpc) is 3.08. The van der Waals surface area contributed by atoms with E-state index in [0.717, 1.165) is 16.2 Å². The largest absolute Gasteiger partial charge is 0.227 e. The molecule has 4 aromatic rings. The van der Waals surface area contributed by atoms with Crippen LogP contribution in [-0.4, -0.2) is 25.0 Å². The van der Waals surface area contributed by atoms with Gasteiger partial charge in [0.05, 0.1) is 6.54 Å². The maximum Gasteiger partial charge on any atom is 0.183 e. The van der Waals surface area contributed by atoms with E-state index in [1.807, 2.05) is 10.7 Å². The molecule has 0 bridgehead atoms. The maximum absolute atomic E-state index is 4.44. The molecule has 0 spiro atoms. The molecule has 0 aliphatic rings. The van der Waals surface area contributed by atoms with Gasteiger partial charge < -0.3 is 0 Å². The summed E-state index contributed by atoms with van der Waals surface area (Å²) in [6.45, 7) is 4.90. The number of aryl methyl sites for hydroxylation is 1.